The molecule has 2 N–H and O–H groups in total. The Hall–Kier alpha value is -0.670. The summed E-state index contributed by atoms with van der Waals surface area (Å²) in [6, 6.07) is 2.01. The molecule has 2 nitrogen and oxygen atoms in total. The highest BCUT2D eigenvalue weighted by atomic mass is 32.1. The minimum Gasteiger partial charge on any atom is -0.330 e. The van der Waals surface area contributed by atoms with E-state index in [9.17, 15) is 4.79 Å². The summed E-state index contributed by atoms with van der Waals surface area (Å²) in [5, 5.41) is 1.96. The van der Waals surface area contributed by atoms with E-state index in [1.54, 1.807) is 0 Å². The van der Waals surface area contributed by atoms with Gasteiger partial charge in [-0.15, -0.1) is 11.3 Å². The fourth-order valence-corrected chi connectivity index (χ4v) is 2.07. The highest BCUT2D eigenvalue weighted by molar-refractivity contribution is 7.12. The van der Waals surface area contributed by atoms with Gasteiger partial charge < -0.3 is 5.73 Å². The summed E-state index contributed by atoms with van der Waals surface area (Å²) >= 11 is 1.52. The number of thiophene rings is 1. The minimum absolute atomic E-state index is 0.185. The van der Waals surface area contributed by atoms with E-state index < -0.39 is 0 Å². The van der Waals surface area contributed by atoms with Crippen molar-refractivity contribution in [1.29, 1.82) is 0 Å². The van der Waals surface area contributed by atoms with E-state index in [0.29, 0.717) is 13.0 Å². The van der Waals surface area contributed by atoms with Crippen LogP contribution in [0.1, 0.15) is 28.6 Å². The van der Waals surface area contributed by atoms with Crippen molar-refractivity contribution in [2.24, 2.45) is 5.73 Å². The molecule has 1 aromatic rings. The Morgan fingerprint density at radius 3 is 3.00 bits per heavy atom. The quantitative estimate of drug-likeness (QED) is 0.724. The number of nitrogens with two attached hydrogens (primary N) is 1. The van der Waals surface area contributed by atoms with Crippen LogP contribution >= 0.6 is 11.3 Å². The van der Waals surface area contributed by atoms with Gasteiger partial charge in [0.25, 0.3) is 0 Å². The summed E-state index contributed by atoms with van der Waals surface area (Å²) in [5.74, 6) is 0.185. The second kappa shape index (κ2) is 4.38. The summed E-state index contributed by atoms with van der Waals surface area (Å²) in [6.45, 7) is 2.50. The minimum atomic E-state index is 0.185. The molecule has 1 aromatic heterocycles. The zero-order valence-electron chi connectivity index (χ0n) is 7.17. The molecule has 0 saturated heterocycles. The van der Waals surface area contributed by atoms with Gasteiger partial charge in [-0.3, -0.25) is 4.79 Å². The SMILES string of the molecule is CCc1ccsc1C(=O)CCN. The second-order valence-electron chi connectivity index (χ2n) is 2.59. The van der Waals surface area contributed by atoms with Crippen LogP contribution in [-0.2, 0) is 6.42 Å². The van der Waals surface area contributed by atoms with Gasteiger partial charge in [-0.1, -0.05) is 6.92 Å². The molecule has 0 fully saturated rings. The topological polar surface area (TPSA) is 43.1 Å². The smallest absolute Gasteiger partial charge is 0.174 e. The van der Waals surface area contributed by atoms with Gasteiger partial charge in [0.2, 0.25) is 0 Å². The molecule has 1 rings (SSSR count). The lowest BCUT2D eigenvalue weighted by Gasteiger charge is -1.97. The van der Waals surface area contributed by atoms with Crippen molar-refractivity contribution in [1.82, 2.24) is 0 Å². The third-order valence-electron chi connectivity index (χ3n) is 1.75. The normalized spacial score (nSPS) is 10.2. The lowest BCUT2D eigenvalue weighted by molar-refractivity contribution is 0.0988. The average Bonchev–Trinajstić information content (AvgIpc) is 2.51. The largest absolute Gasteiger partial charge is 0.330 e. The van der Waals surface area contributed by atoms with Crippen LogP contribution in [0, 0.1) is 0 Å². The molecule has 0 bridgehead atoms. The predicted molar refractivity (Wildman–Crippen MR) is 51.7 cm³/mol. The van der Waals surface area contributed by atoms with Gasteiger partial charge in [-0.2, -0.15) is 0 Å². The van der Waals surface area contributed by atoms with Crippen molar-refractivity contribution in [2.45, 2.75) is 19.8 Å². The molecule has 0 aliphatic carbocycles. The van der Waals surface area contributed by atoms with Gasteiger partial charge in [0, 0.05) is 6.42 Å². The fraction of sp³-hybridized carbons (Fsp3) is 0.444. The molecule has 3 heteroatoms. The molecule has 0 aliphatic heterocycles. The Kier molecular flexibility index (Phi) is 3.44. The Balaban J connectivity index is 2.79. The third kappa shape index (κ3) is 1.93. The molecular weight excluding hydrogens is 170 g/mol. The van der Waals surface area contributed by atoms with Crippen LogP contribution in [0.25, 0.3) is 0 Å². The molecule has 0 saturated carbocycles. The highest BCUT2D eigenvalue weighted by Gasteiger charge is 2.10. The van der Waals surface area contributed by atoms with Crippen molar-refractivity contribution in [3.05, 3.63) is 21.9 Å². The van der Waals surface area contributed by atoms with E-state index in [2.05, 4.69) is 6.92 Å². The lowest BCUT2D eigenvalue weighted by atomic mass is 10.1. The molecule has 0 spiro atoms. The first-order chi connectivity index (χ1) is 5.79. The predicted octanol–water partition coefficient (Wildman–Crippen LogP) is 1.84. The molecule has 0 amide bonds. The number of aryl methyl sites for hydroxylation is 1. The number of hydrogen-bond donors (Lipinski definition) is 1. The third-order valence-corrected chi connectivity index (χ3v) is 2.75. The molecule has 0 aliphatic rings. The maximum Gasteiger partial charge on any atom is 0.174 e. The number of hydrogen-bond acceptors (Lipinski definition) is 3. The second-order valence-corrected chi connectivity index (χ2v) is 3.51. The molecule has 0 atom stereocenters. The Bertz CT molecular complexity index is 267. The van der Waals surface area contributed by atoms with Crippen LogP contribution in [-0.4, -0.2) is 12.3 Å². The summed E-state index contributed by atoms with van der Waals surface area (Å²) in [5.41, 5.74) is 6.46. The summed E-state index contributed by atoms with van der Waals surface area (Å²) in [6.07, 6.45) is 1.39. The van der Waals surface area contributed by atoms with Gasteiger partial charge >= 0.3 is 0 Å². The van der Waals surface area contributed by atoms with Crippen molar-refractivity contribution in [3.63, 3.8) is 0 Å². The molecule has 0 unspecified atom stereocenters. The summed E-state index contributed by atoms with van der Waals surface area (Å²) < 4.78 is 0. The van der Waals surface area contributed by atoms with Crippen molar-refractivity contribution in [2.75, 3.05) is 6.54 Å². The maximum absolute atomic E-state index is 11.4. The molecule has 0 radical (unpaired) electrons. The Morgan fingerprint density at radius 2 is 2.42 bits per heavy atom. The average molecular weight is 183 g/mol. The van der Waals surface area contributed by atoms with Gasteiger partial charge in [-0.25, -0.2) is 0 Å². The lowest BCUT2D eigenvalue weighted by Crippen LogP contribution is -2.08. The van der Waals surface area contributed by atoms with E-state index in [1.165, 1.54) is 11.3 Å². The fourth-order valence-electron chi connectivity index (χ4n) is 1.10. The molecule has 66 valence electrons. The first-order valence-electron chi connectivity index (χ1n) is 4.09. The van der Waals surface area contributed by atoms with Crippen LogP contribution in [0.5, 0.6) is 0 Å². The van der Waals surface area contributed by atoms with E-state index >= 15 is 0 Å². The van der Waals surface area contributed by atoms with Gasteiger partial charge in [0.15, 0.2) is 5.78 Å². The number of carbonyl (C=O) groups excluding carboxylic acids is 1. The first-order valence-corrected chi connectivity index (χ1v) is 4.97. The van der Waals surface area contributed by atoms with Crippen molar-refractivity contribution in [3.8, 4) is 0 Å². The first kappa shape index (κ1) is 9.42. The zero-order valence-corrected chi connectivity index (χ0v) is 7.99. The number of carbonyl (C=O) groups is 1. The monoisotopic (exact) mass is 183 g/mol. The number of Topliss-reactive ketones (excluding diaryl/α,β-unsaturated/α-hetero) is 1. The van der Waals surface area contributed by atoms with Crippen LogP contribution in [0.4, 0.5) is 0 Å². The molecule has 12 heavy (non-hydrogen) atoms. The van der Waals surface area contributed by atoms with Crippen molar-refractivity contribution >= 4 is 17.1 Å². The van der Waals surface area contributed by atoms with E-state index in [-0.39, 0.29) is 5.78 Å². The van der Waals surface area contributed by atoms with Gasteiger partial charge in [-0.05, 0) is 30.0 Å². The summed E-state index contributed by atoms with van der Waals surface area (Å²) in [7, 11) is 0. The van der Waals surface area contributed by atoms with Crippen molar-refractivity contribution < 1.29 is 4.79 Å². The molecular formula is C9H13NOS. The molecule has 1 heterocycles. The zero-order chi connectivity index (χ0) is 8.97. The standard InChI is InChI=1S/C9H13NOS/c1-2-7-4-6-12-9(7)8(11)3-5-10/h4,6H,2-3,5,10H2,1H3. The van der Waals surface area contributed by atoms with Gasteiger partial charge in [0.1, 0.15) is 0 Å². The van der Waals surface area contributed by atoms with Crippen LogP contribution < -0.4 is 5.73 Å². The van der Waals surface area contributed by atoms with Crippen LogP contribution in [0.15, 0.2) is 11.4 Å². The number of ketones is 1. The highest BCUT2D eigenvalue weighted by Crippen LogP contribution is 2.18. The van der Waals surface area contributed by atoms with E-state index in [1.807, 2.05) is 11.4 Å². The van der Waals surface area contributed by atoms with E-state index in [0.717, 1.165) is 16.9 Å². The summed E-state index contributed by atoms with van der Waals surface area (Å²) in [4.78, 5) is 12.3. The maximum atomic E-state index is 11.4. The van der Waals surface area contributed by atoms with Crippen LogP contribution in [0.3, 0.4) is 0 Å². The Labute approximate surface area is 76.4 Å². The van der Waals surface area contributed by atoms with Crippen LogP contribution in [0.2, 0.25) is 0 Å². The Morgan fingerprint density at radius 1 is 1.67 bits per heavy atom. The van der Waals surface area contributed by atoms with Gasteiger partial charge in [0.05, 0.1) is 4.88 Å². The number of rotatable bonds is 4. The van der Waals surface area contributed by atoms with E-state index in [4.69, 9.17) is 5.73 Å². The molecule has 0 aromatic carbocycles.